The standard InChI is InChI=1S/C20H23N3O2S/c1-22(2)12-13-23(18(24)14-15-8-5-4-6-9-15)20-21-19-16(25-3)10-7-11-17(19)26-20/h4-11H,12-14H2,1-3H3/p+1. The average molecular weight is 370 g/mol. The third-order valence-corrected chi connectivity index (χ3v) is 5.20. The van der Waals surface area contributed by atoms with E-state index in [9.17, 15) is 4.79 Å². The van der Waals surface area contributed by atoms with Crippen LogP contribution in [0.1, 0.15) is 5.56 Å². The monoisotopic (exact) mass is 370 g/mol. The lowest BCUT2D eigenvalue weighted by Crippen LogP contribution is -3.06. The molecule has 2 aromatic carbocycles. The minimum absolute atomic E-state index is 0.0653. The molecule has 3 rings (SSSR count). The maximum absolute atomic E-state index is 13.0. The number of likely N-dealkylation sites (N-methyl/N-ethyl adjacent to an activating group) is 1. The molecule has 3 aromatic rings. The predicted octanol–water partition coefficient (Wildman–Crippen LogP) is 2.03. The number of quaternary nitrogens is 1. The first kappa shape index (κ1) is 18.4. The second-order valence-corrected chi connectivity index (χ2v) is 7.48. The van der Waals surface area contributed by atoms with Crippen molar-refractivity contribution in [1.82, 2.24) is 4.98 Å². The van der Waals surface area contributed by atoms with Crippen molar-refractivity contribution in [3.05, 3.63) is 54.1 Å². The number of methoxy groups -OCH3 is 1. The van der Waals surface area contributed by atoms with Gasteiger partial charge in [-0.15, -0.1) is 0 Å². The van der Waals surface area contributed by atoms with Crippen LogP contribution >= 0.6 is 11.3 Å². The molecule has 0 saturated heterocycles. The van der Waals surface area contributed by atoms with Crippen molar-refractivity contribution in [3.8, 4) is 5.75 Å². The van der Waals surface area contributed by atoms with Crippen molar-refractivity contribution in [1.29, 1.82) is 0 Å². The lowest BCUT2D eigenvalue weighted by molar-refractivity contribution is -0.856. The Balaban J connectivity index is 1.91. The summed E-state index contributed by atoms with van der Waals surface area (Å²) in [5.74, 6) is 0.800. The molecular formula is C20H24N3O2S+. The van der Waals surface area contributed by atoms with Crippen LogP contribution < -0.4 is 14.5 Å². The second-order valence-electron chi connectivity index (χ2n) is 6.47. The number of para-hydroxylation sites is 1. The van der Waals surface area contributed by atoms with Crippen LogP contribution in [0, 0.1) is 0 Å². The first-order valence-corrected chi connectivity index (χ1v) is 9.47. The fraction of sp³-hybridized carbons (Fsp3) is 0.300. The number of hydrogen-bond donors (Lipinski definition) is 1. The van der Waals surface area contributed by atoms with E-state index in [2.05, 4.69) is 14.1 Å². The number of fused-ring (bicyclic) bond motifs is 1. The normalized spacial score (nSPS) is 11.1. The van der Waals surface area contributed by atoms with Gasteiger partial charge in [0.15, 0.2) is 5.13 Å². The van der Waals surface area contributed by atoms with E-state index in [4.69, 9.17) is 9.72 Å². The SMILES string of the molecule is COc1cccc2sc(N(CC[NH+](C)C)C(=O)Cc3ccccc3)nc12. The first-order valence-electron chi connectivity index (χ1n) is 8.65. The Hall–Kier alpha value is -2.44. The molecule has 1 heterocycles. The van der Waals surface area contributed by atoms with Gasteiger partial charge in [-0.25, -0.2) is 4.98 Å². The molecule has 0 radical (unpaired) electrons. The van der Waals surface area contributed by atoms with Gasteiger partial charge >= 0.3 is 0 Å². The lowest BCUT2D eigenvalue weighted by Gasteiger charge is -2.20. The Morgan fingerprint density at radius 1 is 1.15 bits per heavy atom. The van der Waals surface area contributed by atoms with E-state index in [-0.39, 0.29) is 5.91 Å². The zero-order valence-corrected chi connectivity index (χ0v) is 16.2. The van der Waals surface area contributed by atoms with Gasteiger partial charge in [0.2, 0.25) is 5.91 Å². The van der Waals surface area contributed by atoms with Gasteiger partial charge in [0.05, 0.1) is 45.4 Å². The average Bonchev–Trinajstić information content (AvgIpc) is 3.06. The minimum Gasteiger partial charge on any atom is -0.494 e. The van der Waals surface area contributed by atoms with Gasteiger partial charge in [-0.3, -0.25) is 9.69 Å². The quantitative estimate of drug-likeness (QED) is 0.692. The lowest BCUT2D eigenvalue weighted by atomic mass is 10.1. The molecule has 0 bridgehead atoms. The summed E-state index contributed by atoms with van der Waals surface area (Å²) < 4.78 is 6.43. The third kappa shape index (κ3) is 4.20. The van der Waals surface area contributed by atoms with Gasteiger partial charge in [-0.1, -0.05) is 47.7 Å². The number of anilines is 1. The highest BCUT2D eigenvalue weighted by Gasteiger charge is 2.21. The summed E-state index contributed by atoms with van der Waals surface area (Å²) in [7, 11) is 5.81. The number of amides is 1. The number of carbonyl (C=O) groups is 1. The van der Waals surface area contributed by atoms with Gasteiger partial charge in [0.1, 0.15) is 11.3 Å². The second kappa shape index (κ2) is 8.29. The Labute approximate surface area is 157 Å². The maximum atomic E-state index is 13.0. The van der Waals surface area contributed by atoms with E-state index < -0.39 is 0 Å². The minimum atomic E-state index is 0.0653. The summed E-state index contributed by atoms with van der Waals surface area (Å²) in [6.07, 6.45) is 0.372. The van der Waals surface area contributed by atoms with E-state index in [0.29, 0.717) is 13.0 Å². The highest BCUT2D eigenvalue weighted by Crippen LogP contribution is 2.34. The number of rotatable bonds is 7. The summed E-state index contributed by atoms with van der Waals surface area (Å²) in [4.78, 5) is 20.8. The molecule has 0 aliphatic carbocycles. The van der Waals surface area contributed by atoms with Gasteiger partial charge in [-0.05, 0) is 17.7 Å². The highest BCUT2D eigenvalue weighted by atomic mass is 32.1. The van der Waals surface area contributed by atoms with E-state index in [1.807, 2.05) is 53.4 Å². The zero-order chi connectivity index (χ0) is 18.5. The predicted molar refractivity (Wildman–Crippen MR) is 106 cm³/mol. The molecule has 1 aromatic heterocycles. The molecule has 5 nitrogen and oxygen atoms in total. The van der Waals surface area contributed by atoms with Gasteiger partial charge in [0.25, 0.3) is 0 Å². The van der Waals surface area contributed by atoms with Crippen molar-refractivity contribution < 1.29 is 14.4 Å². The molecular weight excluding hydrogens is 346 g/mol. The van der Waals surface area contributed by atoms with Crippen LogP contribution in [0.15, 0.2) is 48.5 Å². The Morgan fingerprint density at radius 2 is 1.92 bits per heavy atom. The summed E-state index contributed by atoms with van der Waals surface area (Å²) >= 11 is 1.53. The number of ether oxygens (including phenoxy) is 1. The topological polar surface area (TPSA) is 46.9 Å². The zero-order valence-electron chi connectivity index (χ0n) is 15.4. The molecule has 0 aliphatic rings. The summed E-state index contributed by atoms with van der Waals surface area (Å²) in [6, 6.07) is 15.7. The van der Waals surface area contributed by atoms with Crippen LogP contribution in [-0.2, 0) is 11.2 Å². The van der Waals surface area contributed by atoms with Crippen molar-refractivity contribution in [3.63, 3.8) is 0 Å². The molecule has 0 saturated carbocycles. The largest absolute Gasteiger partial charge is 0.494 e. The Morgan fingerprint density at radius 3 is 2.62 bits per heavy atom. The van der Waals surface area contributed by atoms with Gasteiger partial charge < -0.3 is 9.64 Å². The van der Waals surface area contributed by atoms with Crippen molar-refractivity contribution in [2.75, 3.05) is 39.2 Å². The van der Waals surface area contributed by atoms with Crippen LogP contribution in [0.4, 0.5) is 5.13 Å². The van der Waals surface area contributed by atoms with Crippen LogP contribution in [0.3, 0.4) is 0 Å². The maximum Gasteiger partial charge on any atom is 0.233 e. The van der Waals surface area contributed by atoms with E-state index in [1.165, 1.54) is 16.2 Å². The van der Waals surface area contributed by atoms with Crippen molar-refractivity contribution in [2.45, 2.75) is 6.42 Å². The number of carbonyl (C=O) groups excluding carboxylic acids is 1. The van der Waals surface area contributed by atoms with E-state index >= 15 is 0 Å². The van der Waals surface area contributed by atoms with Crippen molar-refractivity contribution >= 4 is 32.6 Å². The number of thiazole rings is 1. The Kier molecular flexibility index (Phi) is 5.85. The molecule has 1 N–H and O–H groups in total. The molecule has 26 heavy (non-hydrogen) atoms. The summed E-state index contributed by atoms with van der Waals surface area (Å²) in [5, 5.41) is 0.728. The van der Waals surface area contributed by atoms with Crippen LogP contribution in [0.25, 0.3) is 10.2 Å². The van der Waals surface area contributed by atoms with E-state index in [1.54, 1.807) is 7.11 Å². The summed E-state index contributed by atoms with van der Waals surface area (Å²) in [6.45, 7) is 1.49. The summed E-state index contributed by atoms with van der Waals surface area (Å²) in [5.41, 5.74) is 1.82. The van der Waals surface area contributed by atoms with Gasteiger partial charge in [-0.2, -0.15) is 0 Å². The van der Waals surface area contributed by atoms with Crippen LogP contribution in [0.2, 0.25) is 0 Å². The number of aromatic nitrogens is 1. The molecule has 0 unspecified atom stereocenters. The molecule has 0 aliphatic heterocycles. The molecule has 6 heteroatoms. The molecule has 136 valence electrons. The number of nitrogens with one attached hydrogen (secondary N) is 1. The van der Waals surface area contributed by atoms with Crippen LogP contribution in [0.5, 0.6) is 5.75 Å². The molecule has 0 atom stereocenters. The third-order valence-electron chi connectivity index (χ3n) is 4.16. The smallest absolute Gasteiger partial charge is 0.233 e. The fourth-order valence-corrected chi connectivity index (χ4v) is 3.75. The molecule has 0 fully saturated rings. The molecule has 0 spiro atoms. The number of benzene rings is 2. The molecule has 1 amide bonds. The number of hydrogen-bond acceptors (Lipinski definition) is 4. The van der Waals surface area contributed by atoms with Gasteiger partial charge in [0, 0.05) is 0 Å². The Bertz CT molecular complexity index is 877. The number of nitrogens with zero attached hydrogens (tertiary/aromatic N) is 2. The van der Waals surface area contributed by atoms with Crippen LogP contribution in [-0.4, -0.2) is 45.2 Å². The highest BCUT2D eigenvalue weighted by molar-refractivity contribution is 7.22. The van der Waals surface area contributed by atoms with Crippen molar-refractivity contribution in [2.24, 2.45) is 0 Å². The van der Waals surface area contributed by atoms with E-state index in [0.717, 1.165) is 33.2 Å². The first-order chi connectivity index (χ1) is 12.6. The fourth-order valence-electron chi connectivity index (χ4n) is 2.72.